The first-order valence-corrected chi connectivity index (χ1v) is 5.80. The van der Waals surface area contributed by atoms with Gasteiger partial charge in [-0.2, -0.15) is 0 Å². The standard InChI is InChI=1S/C13H15N3O/c1-16-6-2-3-9-4-5-10(7-12(9)16)11-8-15-17-13(11)14/h4-5,7-8H,2-3,6,14H2,1H3. The third-order valence-electron chi connectivity index (χ3n) is 3.35. The van der Waals surface area contributed by atoms with E-state index in [0.717, 1.165) is 24.1 Å². The molecule has 0 saturated carbocycles. The van der Waals surface area contributed by atoms with Crippen LogP contribution in [0.1, 0.15) is 12.0 Å². The summed E-state index contributed by atoms with van der Waals surface area (Å²) in [6.45, 7) is 1.11. The highest BCUT2D eigenvalue weighted by Gasteiger charge is 2.15. The van der Waals surface area contributed by atoms with Crippen LogP contribution in [0.25, 0.3) is 11.1 Å². The third-order valence-corrected chi connectivity index (χ3v) is 3.35. The third kappa shape index (κ3) is 1.65. The Morgan fingerprint density at radius 3 is 3.06 bits per heavy atom. The van der Waals surface area contributed by atoms with Gasteiger partial charge < -0.3 is 15.2 Å². The van der Waals surface area contributed by atoms with Gasteiger partial charge in [0.2, 0.25) is 5.88 Å². The molecule has 0 radical (unpaired) electrons. The topological polar surface area (TPSA) is 55.3 Å². The molecule has 2 heterocycles. The molecule has 0 saturated heterocycles. The summed E-state index contributed by atoms with van der Waals surface area (Å²) in [5, 5.41) is 3.72. The fraction of sp³-hybridized carbons (Fsp3) is 0.308. The van der Waals surface area contributed by atoms with Gasteiger partial charge in [-0.25, -0.2) is 0 Å². The normalized spacial score (nSPS) is 14.8. The summed E-state index contributed by atoms with van der Waals surface area (Å²) in [6, 6.07) is 6.42. The van der Waals surface area contributed by atoms with E-state index in [1.165, 1.54) is 17.7 Å². The number of rotatable bonds is 1. The average Bonchev–Trinajstić information content (AvgIpc) is 2.76. The number of anilines is 2. The Morgan fingerprint density at radius 1 is 1.41 bits per heavy atom. The van der Waals surface area contributed by atoms with Crippen LogP contribution in [0.3, 0.4) is 0 Å². The van der Waals surface area contributed by atoms with Gasteiger partial charge in [0.25, 0.3) is 0 Å². The molecule has 0 fully saturated rings. The van der Waals surface area contributed by atoms with E-state index in [9.17, 15) is 0 Å². The minimum absolute atomic E-state index is 0.378. The largest absolute Gasteiger partial charge is 0.374 e. The van der Waals surface area contributed by atoms with E-state index in [0.29, 0.717) is 5.88 Å². The van der Waals surface area contributed by atoms with Crippen LogP contribution in [0.5, 0.6) is 0 Å². The zero-order valence-electron chi connectivity index (χ0n) is 9.81. The Hall–Kier alpha value is -1.97. The number of aromatic nitrogens is 1. The second-order valence-corrected chi connectivity index (χ2v) is 4.47. The molecule has 0 amide bonds. The minimum atomic E-state index is 0.378. The SMILES string of the molecule is CN1CCCc2ccc(-c3cnoc3N)cc21. The number of aryl methyl sites for hydroxylation is 1. The molecule has 2 aromatic rings. The molecule has 3 rings (SSSR count). The molecule has 4 nitrogen and oxygen atoms in total. The van der Waals surface area contributed by atoms with Crippen LogP contribution in [-0.2, 0) is 6.42 Å². The molecule has 0 bridgehead atoms. The first-order valence-electron chi connectivity index (χ1n) is 5.80. The number of hydrogen-bond acceptors (Lipinski definition) is 4. The Labute approximate surface area is 100 Å². The van der Waals surface area contributed by atoms with E-state index < -0.39 is 0 Å². The number of nitrogens with two attached hydrogens (primary N) is 1. The zero-order chi connectivity index (χ0) is 11.8. The first-order chi connectivity index (χ1) is 8.25. The molecule has 0 aliphatic carbocycles. The van der Waals surface area contributed by atoms with Gasteiger partial charge in [0.15, 0.2) is 0 Å². The van der Waals surface area contributed by atoms with Gasteiger partial charge in [0.1, 0.15) is 0 Å². The van der Waals surface area contributed by atoms with Crippen molar-refractivity contribution in [1.29, 1.82) is 0 Å². The molecule has 2 N–H and O–H groups in total. The zero-order valence-corrected chi connectivity index (χ0v) is 9.81. The second-order valence-electron chi connectivity index (χ2n) is 4.47. The van der Waals surface area contributed by atoms with Crippen LogP contribution in [0.15, 0.2) is 28.9 Å². The van der Waals surface area contributed by atoms with Crippen LogP contribution in [0.2, 0.25) is 0 Å². The summed E-state index contributed by atoms with van der Waals surface area (Å²) in [6.07, 6.45) is 4.04. The number of nitrogen functional groups attached to an aromatic ring is 1. The molecular formula is C13H15N3O. The first kappa shape index (κ1) is 10.2. The highest BCUT2D eigenvalue weighted by atomic mass is 16.5. The van der Waals surface area contributed by atoms with Crippen LogP contribution < -0.4 is 10.6 Å². The van der Waals surface area contributed by atoms with Gasteiger partial charge >= 0.3 is 0 Å². The van der Waals surface area contributed by atoms with Crippen molar-refractivity contribution >= 4 is 11.6 Å². The van der Waals surface area contributed by atoms with E-state index >= 15 is 0 Å². The average molecular weight is 229 g/mol. The lowest BCUT2D eigenvalue weighted by molar-refractivity contribution is 0.436. The van der Waals surface area contributed by atoms with E-state index in [4.69, 9.17) is 10.3 Å². The van der Waals surface area contributed by atoms with Crippen LogP contribution in [0, 0.1) is 0 Å². The van der Waals surface area contributed by atoms with Gasteiger partial charge in [0, 0.05) is 19.3 Å². The fourth-order valence-corrected chi connectivity index (χ4v) is 2.39. The van der Waals surface area contributed by atoms with Crippen molar-refractivity contribution in [3.8, 4) is 11.1 Å². The lowest BCUT2D eigenvalue weighted by Crippen LogP contribution is -2.24. The molecule has 1 aliphatic rings. The maximum Gasteiger partial charge on any atom is 0.229 e. The summed E-state index contributed by atoms with van der Waals surface area (Å²) >= 11 is 0. The van der Waals surface area contributed by atoms with Gasteiger partial charge in [0.05, 0.1) is 11.8 Å². The van der Waals surface area contributed by atoms with E-state index in [-0.39, 0.29) is 0 Å². The van der Waals surface area contributed by atoms with E-state index in [1.54, 1.807) is 6.20 Å². The smallest absolute Gasteiger partial charge is 0.229 e. The lowest BCUT2D eigenvalue weighted by Gasteiger charge is -2.27. The van der Waals surface area contributed by atoms with Crippen molar-refractivity contribution in [3.63, 3.8) is 0 Å². The lowest BCUT2D eigenvalue weighted by atomic mass is 9.98. The van der Waals surface area contributed by atoms with Crippen molar-refractivity contribution < 1.29 is 4.52 Å². The van der Waals surface area contributed by atoms with Gasteiger partial charge in [-0.1, -0.05) is 17.3 Å². The Kier molecular flexibility index (Phi) is 2.28. The Morgan fingerprint density at radius 2 is 2.29 bits per heavy atom. The van der Waals surface area contributed by atoms with Gasteiger partial charge in [-0.3, -0.25) is 0 Å². The minimum Gasteiger partial charge on any atom is -0.374 e. The molecule has 1 aliphatic heterocycles. The predicted octanol–water partition coefficient (Wildman–Crippen LogP) is 2.31. The molecule has 1 aromatic heterocycles. The molecule has 1 aromatic carbocycles. The number of hydrogen-bond donors (Lipinski definition) is 1. The van der Waals surface area contributed by atoms with Crippen molar-refractivity contribution in [1.82, 2.24) is 5.16 Å². The van der Waals surface area contributed by atoms with Crippen molar-refractivity contribution in [2.24, 2.45) is 0 Å². The summed E-state index contributed by atoms with van der Waals surface area (Å²) in [4.78, 5) is 2.28. The molecule has 17 heavy (non-hydrogen) atoms. The summed E-state index contributed by atoms with van der Waals surface area (Å²) in [7, 11) is 2.12. The molecule has 0 spiro atoms. The van der Waals surface area contributed by atoms with Crippen LogP contribution in [-0.4, -0.2) is 18.7 Å². The summed E-state index contributed by atoms with van der Waals surface area (Å²) < 4.78 is 4.90. The molecule has 0 unspecified atom stereocenters. The van der Waals surface area contributed by atoms with Gasteiger partial charge in [-0.05, 0) is 30.0 Å². The summed E-state index contributed by atoms with van der Waals surface area (Å²) in [5.41, 5.74) is 10.4. The molecule has 4 heteroatoms. The van der Waals surface area contributed by atoms with Crippen molar-refractivity contribution in [2.45, 2.75) is 12.8 Å². The Balaban J connectivity index is 2.09. The maximum absolute atomic E-state index is 5.74. The van der Waals surface area contributed by atoms with Crippen molar-refractivity contribution in [2.75, 3.05) is 24.2 Å². The maximum atomic E-state index is 5.74. The molecular weight excluding hydrogens is 214 g/mol. The molecule has 0 atom stereocenters. The van der Waals surface area contributed by atoms with Crippen LogP contribution >= 0.6 is 0 Å². The number of benzene rings is 1. The predicted molar refractivity (Wildman–Crippen MR) is 67.9 cm³/mol. The summed E-state index contributed by atoms with van der Waals surface area (Å²) in [5.74, 6) is 0.378. The van der Waals surface area contributed by atoms with E-state index in [2.05, 4.69) is 35.3 Å². The monoisotopic (exact) mass is 229 g/mol. The number of fused-ring (bicyclic) bond motifs is 1. The van der Waals surface area contributed by atoms with Crippen molar-refractivity contribution in [3.05, 3.63) is 30.0 Å². The molecule has 88 valence electrons. The van der Waals surface area contributed by atoms with E-state index in [1.807, 2.05) is 0 Å². The fourth-order valence-electron chi connectivity index (χ4n) is 2.39. The van der Waals surface area contributed by atoms with Crippen LogP contribution in [0.4, 0.5) is 11.6 Å². The highest BCUT2D eigenvalue weighted by molar-refractivity contribution is 5.76. The number of nitrogens with zero attached hydrogens (tertiary/aromatic N) is 2. The van der Waals surface area contributed by atoms with Gasteiger partial charge in [-0.15, -0.1) is 0 Å². The Bertz CT molecular complexity index is 547. The quantitative estimate of drug-likeness (QED) is 0.815. The second kappa shape index (κ2) is 3.80. The highest BCUT2D eigenvalue weighted by Crippen LogP contribution is 2.33.